The molecule has 0 saturated carbocycles. The van der Waals surface area contributed by atoms with Gasteiger partial charge in [0.15, 0.2) is 0 Å². The summed E-state index contributed by atoms with van der Waals surface area (Å²) in [7, 11) is 0. The zero-order valence-electron chi connectivity index (χ0n) is 16.8. The number of fused-ring (bicyclic) bond motifs is 1. The van der Waals surface area contributed by atoms with Crippen LogP contribution in [0.25, 0.3) is 28.4 Å². The van der Waals surface area contributed by atoms with Crippen LogP contribution in [-0.2, 0) is 0 Å². The quantitative estimate of drug-likeness (QED) is 0.455. The lowest BCUT2D eigenvalue weighted by Gasteiger charge is -2.15. The van der Waals surface area contributed by atoms with E-state index in [4.69, 9.17) is 0 Å². The van der Waals surface area contributed by atoms with E-state index < -0.39 is 0 Å². The molecule has 0 bridgehead atoms. The van der Waals surface area contributed by atoms with Gasteiger partial charge in [0.1, 0.15) is 17.7 Å². The standard InChI is InChI=1S/C24H21FN4/c1-14-6-5-7-15(2)23(14)29-16(3)10-18(17(29)4)11-19(13-26)24-27-21-9-8-20(25)12-22(21)28-24/h5-12H,1-4H3,(H,27,28)/b19-11-. The fourth-order valence-corrected chi connectivity index (χ4v) is 3.85. The number of benzene rings is 2. The van der Waals surface area contributed by atoms with Gasteiger partial charge in [0.25, 0.3) is 0 Å². The maximum atomic E-state index is 13.5. The third-order valence-corrected chi connectivity index (χ3v) is 5.25. The summed E-state index contributed by atoms with van der Waals surface area (Å²) >= 11 is 0. The molecule has 4 rings (SSSR count). The number of nitrogens with one attached hydrogen (secondary N) is 1. The molecule has 144 valence electrons. The van der Waals surface area contributed by atoms with Crippen LogP contribution in [0.3, 0.4) is 0 Å². The van der Waals surface area contributed by atoms with Crippen LogP contribution in [0.1, 0.15) is 33.9 Å². The second-order valence-corrected chi connectivity index (χ2v) is 7.32. The van der Waals surface area contributed by atoms with E-state index in [1.54, 1.807) is 6.07 Å². The summed E-state index contributed by atoms with van der Waals surface area (Å²) in [5.41, 5.74) is 8.26. The van der Waals surface area contributed by atoms with Gasteiger partial charge in [-0.25, -0.2) is 9.37 Å². The highest BCUT2D eigenvalue weighted by Gasteiger charge is 2.15. The van der Waals surface area contributed by atoms with Gasteiger partial charge in [0.2, 0.25) is 0 Å². The normalized spacial score (nSPS) is 11.8. The van der Waals surface area contributed by atoms with Crippen molar-refractivity contribution in [2.45, 2.75) is 27.7 Å². The monoisotopic (exact) mass is 384 g/mol. The van der Waals surface area contributed by atoms with Crippen molar-refractivity contribution >= 4 is 22.7 Å². The van der Waals surface area contributed by atoms with E-state index >= 15 is 0 Å². The fourth-order valence-electron chi connectivity index (χ4n) is 3.85. The van der Waals surface area contributed by atoms with E-state index in [1.807, 2.05) is 13.0 Å². The lowest BCUT2D eigenvalue weighted by molar-refractivity contribution is 0.629. The smallest absolute Gasteiger partial charge is 0.149 e. The summed E-state index contributed by atoms with van der Waals surface area (Å²) in [6.07, 6.45) is 1.83. The van der Waals surface area contributed by atoms with Crippen molar-refractivity contribution in [3.63, 3.8) is 0 Å². The predicted molar refractivity (Wildman–Crippen MR) is 114 cm³/mol. The summed E-state index contributed by atoms with van der Waals surface area (Å²) in [5.74, 6) is 0.0947. The number of imidazole rings is 1. The molecule has 2 aromatic carbocycles. The van der Waals surface area contributed by atoms with E-state index in [1.165, 1.54) is 28.9 Å². The molecule has 0 aliphatic rings. The Labute approximate surface area is 168 Å². The molecule has 0 unspecified atom stereocenters. The highest BCUT2D eigenvalue weighted by atomic mass is 19.1. The fraction of sp³-hybridized carbons (Fsp3) is 0.167. The summed E-state index contributed by atoms with van der Waals surface area (Å²) in [4.78, 5) is 7.50. The number of aromatic amines is 1. The molecule has 4 aromatic rings. The van der Waals surface area contributed by atoms with Gasteiger partial charge in [0.05, 0.1) is 22.3 Å². The Morgan fingerprint density at radius 2 is 1.83 bits per heavy atom. The number of aromatic nitrogens is 3. The van der Waals surface area contributed by atoms with Crippen molar-refractivity contribution in [3.8, 4) is 11.8 Å². The Kier molecular flexibility index (Phi) is 4.56. The zero-order valence-corrected chi connectivity index (χ0v) is 16.8. The van der Waals surface area contributed by atoms with Crippen LogP contribution >= 0.6 is 0 Å². The van der Waals surface area contributed by atoms with Crippen molar-refractivity contribution in [1.29, 1.82) is 5.26 Å². The number of nitrogens with zero attached hydrogens (tertiary/aromatic N) is 3. The molecule has 2 aromatic heterocycles. The van der Waals surface area contributed by atoms with Crippen LogP contribution in [-0.4, -0.2) is 14.5 Å². The molecule has 5 heteroatoms. The molecule has 0 radical (unpaired) electrons. The molecular weight excluding hydrogens is 363 g/mol. The summed E-state index contributed by atoms with van der Waals surface area (Å²) in [6, 6.07) is 14.9. The molecule has 0 amide bonds. The van der Waals surface area contributed by atoms with E-state index in [-0.39, 0.29) is 5.82 Å². The van der Waals surface area contributed by atoms with Gasteiger partial charge >= 0.3 is 0 Å². The molecule has 0 spiro atoms. The first-order valence-electron chi connectivity index (χ1n) is 9.42. The average Bonchev–Trinajstić information content (AvgIpc) is 3.21. The second-order valence-electron chi connectivity index (χ2n) is 7.32. The molecule has 0 fully saturated rings. The average molecular weight is 384 g/mol. The molecule has 0 saturated heterocycles. The SMILES string of the molecule is Cc1cccc(C)c1-n1c(C)cc(/C=C(/C#N)c2nc3ccc(F)cc3[nH]2)c1C. The second kappa shape index (κ2) is 7.06. The number of nitriles is 1. The number of hydrogen-bond acceptors (Lipinski definition) is 2. The maximum Gasteiger partial charge on any atom is 0.149 e. The summed E-state index contributed by atoms with van der Waals surface area (Å²) in [5, 5.41) is 9.73. The van der Waals surface area contributed by atoms with Crippen molar-refractivity contribution in [2.75, 3.05) is 0 Å². The van der Waals surface area contributed by atoms with Gasteiger partial charge in [-0.15, -0.1) is 0 Å². The molecular formula is C24H21FN4. The molecule has 2 heterocycles. The Bertz CT molecular complexity index is 1290. The largest absolute Gasteiger partial charge is 0.337 e. The zero-order chi connectivity index (χ0) is 20.7. The third kappa shape index (κ3) is 3.23. The van der Waals surface area contributed by atoms with Crippen LogP contribution in [0.4, 0.5) is 4.39 Å². The number of aryl methyl sites for hydroxylation is 3. The first-order chi connectivity index (χ1) is 13.9. The molecule has 29 heavy (non-hydrogen) atoms. The lowest BCUT2D eigenvalue weighted by Crippen LogP contribution is -2.04. The maximum absolute atomic E-state index is 13.5. The van der Waals surface area contributed by atoms with Crippen molar-refractivity contribution < 1.29 is 4.39 Å². The van der Waals surface area contributed by atoms with Crippen LogP contribution < -0.4 is 0 Å². The minimum atomic E-state index is -0.340. The molecule has 0 aliphatic heterocycles. The number of H-pyrrole nitrogens is 1. The van der Waals surface area contributed by atoms with Gasteiger partial charge in [-0.3, -0.25) is 0 Å². The highest BCUT2D eigenvalue weighted by Crippen LogP contribution is 2.28. The van der Waals surface area contributed by atoms with Gasteiger partial charge in [-0.05, 0) is 74.7 Å². The van der Waals surface area contributed by atoms with Crippen LogP contribution in [0.5, 0.6) is 0 Å². The predicted octanol–water partition coefficient (Wildman–Crippen LogP) is 5.79. The first-order valence-corrected chi connectivity index (χ1v) is 9.42. The van der Waals surface area contributed by atoms with Crippen LogP contribution in [0.2, 0.25) is 0 Å². The van der Waals surface area contributed by atoms with Crippen molar-refractivity contribution in [2.24, 2.45) is 0 Å². The first kappa shape index (κ1) is 18.7. The van der Waals surface area contributed by atoms with Gasteiger partial charge in [-0.1, -0.05) is 18.2 Å². The topological polar surface area (TPSA) is 57.4 Å². The van der Waals surface area contributed by atoms with Crippen molar-refractivity contribution in [1.82, 2.24) is 14.5 Å². The Balaban J connectivity index is 1.84. The summed E-state index contributed by atoms with van der Waals surface area (Å²) < 4.78 is 15.7. The van der Waals surface area contributed by atoms with E-state index in [9.17, 15) is 9.65 Å². The van der Waals surface area contributed by atoms with Crippen molar-refractivity contribution in [3.05, 3.63) is 82.2 Å². The van der Waals surface area contributed by atoms with Gasteiger partial charge < -0.3 is 9.55 Å². The minimum absolute atomic E-state index is 0.340. The minimum Gasteiger partial charge on any atom is -0.337 e. The van der Waals surface area contributed by atoms with Gasteiger partial charge in [0, 0.05) is 11.4 Å². The van der Waals surface area contributed by atoms with E-state index in [2.05, 4.69) is 65.6 Å². The number of allylic oxidation sites excluding steroid dienone is 1. The number of para-hydroxylation sites is 1. The lowest BCUT2D eigenvalue weighted by atomic mass is 10.1. The Hall–Kier alpha value is -3.65. The number of halogens is 1. The van der Waals surface area contributed by atoms with Crippen LogP contribution in [0, 0.1) is 44.8 Å². The van der Waals surface area contributed by atoms with Crippen LogP contribution in [0.15, 0.2) is 42.5 Å². The molecule has 0 aliphatic carbocycles. The van der Waals surface area contributed by atoms with E-state index in [0.717, 1.165) is 17.0 Å². The molecule has 0 atom stereocenters. The number of rotatable bonds is 3. The highest BCUT2D eigenvalue weighted by molar-refractivity contribution is 5.90. The van der Waals surface area contributed by atoms with Gasteiger partial charge in [-0.2, -0.15) is 5.26 Å². The Morgan fingerprint density at radius 1 is 1.10 bits per heavy atom. The molecule has 4 nitrogen and oxygen atoms in total. The third-order valence-electron chi connectivity index (χ3n) is 5.25. The number of hydrogen-bond donors (Lipinski definition) is 1. The summed E-state index contributed by atoms with van der Waals surface area (Å²) in [6.45, 7) is 8.32. The van der Waals surface area contributed by atoms with E-state index in [0.29, 0.717) is 22.4 Å². The Morgan fingerprint density at radius 3 is 2.52 bits per heavy atom. The molecule has 1 N–H and O–H groups in total.